The number of nitrogens with zero attached hydrogens (tertiary/aromatic N) is 4. The van der Waals surface area contributed by atoms with Crippen LogP contribution in [0.2, 0.25) is 0 Å². The van der Waals surface area contributed by atoms with Crippen LogP contribution in [0.15, 0.2) is 18.6 Å². The van der Waals surface area contributed by atoms with E-state index in [9.17, 15) is 4.79 Å². The van der Waals surface area contributed by atoms with E-state index in [2.05, 4.69) is 19.7 Å². The van der Waals surface area contributed by atoms with E-state index in [1.54, 1.807) is 6.20 Å². The molecular formula is C16H21N5O. The molecule has 2 fully saturated rings. The van der Waals surface area contributed by atoms with Crippen LogP contribution in [-0.4, -0.2) is 43.1 Å². The Bertz CT molecular complexity index is 684. The first-order valence-electron chi connectivity index (χ1n) is 8.06. The zero-order valence-corrected chi connectivity index (χ0v) is 12.8. The highest BCUT2D eigenvalue weighted by Gasteiger charge is 2.35. The van der Waals surface area contributed by atoms with Gasteiger partial charge in [0.15, 0.2) is 0 Å². The Morgan fingerprint density at radius 3 is 3.00 bits per heavy atom. The van der Waals surface area contributed by atoms with Crippen molar-refractivity contribution in [2.75, 3.05) is 6.54 Å². The Morgan fingerprint density at radius 2 is 2.27 bits per heavy atom. The maximum Gasteiger partial charge on any atom is 0.257 e. The normalized spacial score (nSPS) is 21.5. The van der Waals surface area contributed by atoms with Gasteiger partial charge in [-0.25, -0.2) is 4.98 Å². The van der Waals surface area contributed by atoms with Crippen molar-refractivity contribution in [1.82, 2.24) is 24.6 Å². The van der Waals surface area contributed by atoms with E-state index in [1.807, 2.05) is 24.2 Å². The van der Waals surface area contributed by atoms with Gasteiger partial charge in [0.1, 0.15) is 5.82 Å². The number of hydrogen-bond acceptors (Lipinski definition) is 3. The third kappa shape index (κ3) is 2.32. The van der Waals surface area contributed by atoms with E-state index in [0.29, 0.717) is 5.92 Å². The van der Waals surface area contributed by atoms with Gasteiger partial charge in [0.2, 0.25) is 0 Å². The summed E-state index contributed by atoms with van der Waals surface area (Å²) in [6.45, 7) is 3.67. The molecule has 6 nitrogen and oxygen atoms in total. The SMILES string of the molecule is Cc1nccn1CC1CCCN1C(=O)c1cn[nH]c1C1CC1. The number of carbonyl (C=O) groups excluding carboxylic acids is 1. The lowest BCUT2D eigenvalue weighted by Crippen LogP contribution is -2.38. The molecule has 1 amide bonds. The summed E-state index contributed by atoms with van der Waals surface area (Å²) in [6.07, 6.45) is 9.97. The molecule has 0 bridgehead atoms. The predicted octanol–water partition coefficient (Wildman–Crippen LogP) is 2.10. The number of aromatic amines is 1. The minimum Gasteiger partial charge on any atom is -0.334 e. The van der Waals surface area contributed by atoms with Gasteiger partial charge in [-0.2, -0.15) is 5.10 Å². The monoisotopic (exact) mass is 299 g/mol. The maximum atomic E-state index is 12.9. The van der Waals surface area contributed by atoms with Gasteiger partial charge in [-0.3, -0.25) is 9.89 Å². The highest BCUT2D eigenvalue weighted by Crippen LogP contribution is 2.41. The Morgan fingerprint density at radius 1 is 1.41 bits per heavy atom. The number of nitrogens with one attached hydrogen (secondary N) is 1. The van der Waals surface area contributed by atoms with Crippen molar-refractivity contribution in [2.24, 2.45) is 0 Å². The number of amides is 1. The molecule has 1 unspecified atom stereocenters. The van der Waals surface area contributed by atoms with Crippen LogP contribution in [0, 0.1) is 6.92 Å². The average molecular weight is 299 g/mol. The van der Waals surface area contributed by atoms with Crippen molar-refractivity contribution < 1.29 is 4.79 Å². The summed E-state index contributed by atoms with van der Waals surface area (Å²) in [5.41, 5.74) is 1.81. The minimum absolute atomic E-state index is 0.135. The number of rotatable bonds is 4. The fourth-order valence-electron chi connectivity index (χ4n) is 3.42. The van der Waals surface area contributed by atoms with Crippen molar-refractivity contribution >= 4 is 5.91 Å². The van der Waals surface area contributed by atoms with Gasteiger partial charge in [-0.15, -0.1) is 0 Å². The topological polar surface area (TPSA) is 66.8 Å². The summed E-state index contributed by atoms with van der Waals surface area (Å²) in [5.74, 6) is 1.65. The molecule has 4 rings (SSSR count). The second-order valence-corrected chi connectivity index (χ2v) is 6.39. The molecule has 3 heterocycles. The van der Waals surface area contributed by atoms with Gasteiger partial charge < -0.3 is 9.47 Å². The number of carbonyl (C=O) groups is 1. The number of hydrogen-bond donors (Lipinski definition) is 1. The quantitative estimate of drug-likeness (QED) is 0.940. The van der Waals surface area contributed by atoms with Crippen LogP contribution >= 0.6 is 0 Å². The van der Waals surface area contributed by atoms with Crippen molar-refractivity contribution in [3.8, 4) is 0 Å². The smallest absolute Gasteiger partial charge is 0.257 e. The Balaban J connectivity index is 1.54. The zero-order chi connectivity index (χ0) is 15.1. The number of aryl methyl sites for hydroxylation is 1. The molecule has 2 aliphatic rings. The van der Waals surface area contributed by atoms with Crippen LogP contribution in [0.3, 0.4) is 0 Å². The molecule has 1 saturated heterocycles. The van der Waals surface area contributed by atoms with Crippen LogP contribution in [-0.2, 0) is 6.54 Å². The fourth-order valence-corrected chi connectivity index (χ4v) is 3.42. The largest absolute Gasteiger partial charge is 0.334 e. The van der Waals surface area contributed by atoms with Crippen LogP contribution in [0.25, 0.3) is 0 Å². The van der Waals surface area contributed by atoms with Crippen molar-refractivity contribution in [3.63, 3.8) is 0 Å². The first kappa shape index (κ1) is 13.5. The van der Waals surface area contributed by atoms with Gasteiger partial charge in [0.25, 0.3) is 5.91 Å². The third-order valence-electron chi connectivity index (χ3n) is 4.85. The third-order valence-corrected chi connectivity index (χ3v) is 4.85. The van der Waals surface area contributed by atoms with Crippen LogP contribution < -0.4 is 0 Å². The summed E-state index contributed by atoms with van der Waals surface area (Å²) >= 11 is 0. The first-order chi connectivity index (χ1) is 10.7. The summed E-state index contributed by atoms with van der Waals surface area (Å²) in [7, 11) is 0. The first-order valence-corrected chi connectivity index (χ1v) is 8.06. The van der Waals surface area contributed by atoms with E-state index in [1.165, 1.54) is 12.8 Å². The highest BCUT2D eigenvalue weighted by molar-refractivity contribution is 5.95. The number of imidazole rings is 1. The molecule has 0 aromatic carbocycles. The lowest BCUT2D eigenvalue weighted by Gasteiger charge is -2.25. The Hall–Kier alpha value is -2.11. The van der Waals surface area contributed by atoms with Crippen LogP contribution in [0.1, 0.15) is 53.5 Å². The summed E-state index contributed by atoms with van der Waals surface area (Å²) in [4.78, 5) is 19.2. The molecule has 116 valence electrons. The zero-order valence-electron chi connectivity index (χ0n) is 12.8. The Labute approximate surface area is 129 Å². The van der Waals surface area contributed by atoms with E-state index in [4.69, 9.17) is 0 Å². The van der Waals surface area contributed by atoms with Gasteiger partial charge in [0, 0.05) is 31.4 Å². The lowest BCUT2D eigenvalue weighted by atomic mass is 10.1. The molecule has 2 aromatic rings. The van der Waals surface area contributed by atoms with E-state index < -0.39 is 0 Å². The molecule has 1 aliphatic heterocycles. The number of H-pyrrole nitrogens is 1. The van der Waals surface area contributed by atoms with E-state index in [-0.39, 0.29) is 11.9 Å². The second-order valence-electron chi connectivity index (χ2n) is 6.39. The molecule has 22 heavy (non-hydrogen) atoms. The van der Waals surface area contributed by atoms with Crippen molar-refractivity contribution in [1.29, 1.82) is 0 Å². The maximum absolute atomic E-state index is 12.9. The van der Waals surface area contributed by atoms with Crippen molar-refractivity contribution in [2.45, 2.75) is 51.1 Å². The predicted molar refractivity (Wildman–Crippen MR) is 81.6 cm³/mol. The second kappa shape index (κ2) is 5.26. The minimum atomic E-state index is 0.135. The molecular weight excluding hydrogens is 278 g/mol. The molecule has 2 aromatic heterocycles. The molecule has 1 aliphatic carbocycles. The average Bonchev–Trinajstić information content (AvgIpc) is 2.92. The molecule has 6 heteroatoms. The number of aromatic nitrogens is 4. The fraction of sp³-hybridized carbons (Fsp3) is 0.562. The standard InChI is InChI=1S/C16H21N5O/c1-11-17-6-8-20(11)10-13-3-2-7-21(13)16(22)14-9-18-19-15(14)12-4-5-12/h6,8-9,12-13H,2-5,7,10H2,1H3,(H,18,19). The summed E-state index contributed by atoms with van der Waals surface area (Å²) in [6, 6.07) is 0.252. The van der Waals surface area contributed by atoms with Gasteiger partial charge >= 0.3 is 0 Å². The molecule has 0 spiro atoms. The number of likely N-dealkylation sites (tertiary alicyclic amines) is 1. The molecule has 1 saturated carbocycles. The van der Waals surface area contributed by atoms with E-state index >= 15 is 0 Å². The van der Waals surface area contributed by atoms with Crippen LogP contribution in [0.5, 0.6) is 0 Å². The molecule has 0 radical (unpaired) electrons. The van der Waals surface area contributed by atoms with Gasteiger partial charge in [-0.1, -0.05) is 0 Å². The summed E-state index contributed by atoms with van der Waals surface area (Å²) < 4.78 is 2.13. The lowest BCUT2D eigenvalue weighted by molar-refractivity contribution is 0.0722. The Kier molecular flexibility index (Phi) is 3.24. The molecule has 1 N–H and O–H groups in total. The van der Waals surface area contributed by atoms with Crippen molar-refractivity contribution in [3.05, 3.63) is 35.7 Å². The molecule has 1 atom stereocenters. The van der Waals surface area contributed by atoms with Crippen LogP contribution in [0.4, 0.5) is 0 Å². The van der Waals surface area contributed by atoms with Gasteiger partial charge in [0.05, 0.1) is 23.5 Å². The van der Waals surface area contributed by atoms with Gasteiger partial charge in [-0.05, 0) is 32.6 Å². The van der Waals surface area contributed by atoms with E-state index in [0.717, 1.165) is 43.0 Å². The summed E-state index contributed by atoms with van der Waals surface area (Å²) in [5, 5.41) is 7.13. The highest BCUT2D eigenvalue weighted by atomic mass is 16.2.